The highest BCUT2D eigenvalue weighted by atomic mass is 16.5. The Morgan fingerprint density at radius 1 is 1.10 bits per heavy atom. The molecule has 0 saturated heterocycles. The molecule has 21 heavy (non-hydrogen) atoms. The first kappa shape index (κ1) is 15.1. The van der Waals surface area contributed by atoms with Crippen molar-refractivity contribution in [3.8, 4) is 5.75 Å². The Kier molecular flexibility index (Phi) is 4.03. The largest absolute Gasteiger partial charge is 0.497 e. The van der Waals surface area contributed by atoms with E-state index in [1.165, 1.54) is 0 Å². The fourth-order valence-electron chi connectivity index (χ4n) is 2.22. The molecule has 0 fully saturated rings. The molecule has 0 atom stereocenters. The zero-order chi connectivity index (χ0) is 15.6. The molecule has 0 bridgehead atoms. The standard InChI is InChI=1S/C18H20O3/c1-18(2,3)16(17(19)20)10-12-5-6-14-11-15(21-4)8-7-13(14)9-12/h5-11H,1-4H3,(H,19,20)/b16-10+. The first-order chi connectivity index (χ1) is 9.81. The van der Waals surface area contributed by atoms with Gasteiger partial charge in [0.25, 0.3) is 0 Å². The predicted octanol–water partition coefficient (Wildman–Crippen LogP) is 4.36. The lowest BCUT2D eigenvalue weighted by Crippen LogP contribution is -2.17. The van der Waals surface area contributed by atoms with E-state index in [1.807, 2.05) is 57.2 Å². The van der Waals surface area contributed by atoms with E-state index in [2.05, 4.69) is 0 Å². The molecule has 0 aromatic heterocycles. The van der Waals surface area contributed by atoms with Gasteiger partial charge in [-0.25, -0.2) is 4.79 Å². The summed E-state index contributed by atoms with van der Waals surface area (Å²) in [4.78, 5) is 11.4. The monoisotopic (exact) mass is 284 g/mol. The molecule has 3 nitrogen and oxygen atoms in total. The third kappa shape index (κ3) is 3.43. The highest BCUT2D eigenvalue weighted by Gasteiger charge is 2.23. The van der Waals surface area contributed by atoms with Crippen molar-refractivity contribution in [1.82, 2.24) is 0 Å². The van der Waals surface area contributed by atoms with Crippen LogP contribution in [0.2, 0.25) is 0 Å². The van der Waals surface area contributed by atoms with Gasteiger partial charge in [0.1, 0.15) is 5.75 Å². The van der Waals surface area contributed by atoms with Crippen LogP contribution in [0.25, 0.3) is 16.8 Å². The minimum absolute atomic E-state index is 0.398. The SMILES string of the molecule is COc1ccc2cc(/C=C(\C(=O)O)C(C)(C)C)ccc2c1. The fourth-order valence-corrected chi connectivity index (χ4v) is 2.22. The van der Waals surface area contributed by atoms with Crippen molar-refractivity contribution in [3.05, 3.63) is 47.5 Å². The van der Waals surface area contributed by atoms with Crippen LogP contribution in [-0.4, -0.2) is 18.2 Å². The molecule has 0 aliphatic heterocycles. The minimum Gasteiger partial charge on any atom is -0.497 e. The van der Waals surface area contributed by atoms with Gasteiger partial charge in [-0.3, -0.25) is 0 Å². The molecule has 110 valence electrons. The Hall–Kier alpha value is -2.29. The number of carboxylic acids is 1. The van der Waals surface area contributed by atoms with Crippen LogP contribution in [0.3, 0.4) is 0 Å². The van der Waals surface area contributed by atoms with Gasteiger partial charge in [-0.05, 0) is 46.0 Å². The number of fused-ring (bicyclic) bond motifs is 1. The van der Waals surface area contributed by atoms with Crippen LogP contribution in [0.4, 0.5) is 0 Å². The number of rotatable bonds is 3. The topological polar surface area (TPSA) is 46.5 Å². The van der Waals surface area contributed by atoms with Crippen molar-refractivity contribution in [2.75, 3.05) is 7.11 Å². The molecule has 2 aromatic carbocycles. The summed E-state index contributed by atoms with van der Waals surface area (Å²) < 4.78 is 5.20. The molecule has 0 saturated carbocycles. The van der Waals surface area contributed by atoms with Crippen molar-refractivity contribution < 1.29 is 14.6 Å². The third-order valence-electron chi connectivity index (χ3n) is 3.42. The second kappa shape index (κ2) is 5.60. The zero-order valence-corrected chi connectivity index (χ0v) is 12.8. The Morgan fingerprint density at radius 2 is 1.71 bits per heavy atom. The highest BCUT2D eigenvalue weighted by molar-refractivity contribution is 5.94. The molecule has 0 aliphatic carbocycles. The van der Waals surface area contributed by atoms with Crippen LogP contribution in [0.1, 0.15) is 26.3 Å². The summed E-state index contributed by atoms with van der Waals surface area (Å²) in [5.74, 6) is -0.0657. The number of methoxy groups -OCH3 is 1. The fraction of sp³-hybridized carbons (Fsp3) is 0.278. The van der Waals surface area contributed by atoms with Crippen molar-refractivity contribution in [1.29, 1.82) is 0 Å². The van der Waals surface area contributed by atoms with E-state index in [0.29, 0.717) is 5.57 Å². The van der Waals surface area contributed by atoms with Gasteiger partial charge in [0, 0.05) is 5.57 Å². The Bertz CT molecular complexity index is 706. The van der Waals surface area contributed by atoms with Crippen LogP contribution in [-0.2, 0) is 4.79 Å². The van der Waals surface area contributed by atoms with E-state index in [0.717, 1.165) is 22.1 Å². The van der Waals surface area contributed by atoms with Crippen LogP contribution >= 0.6 is 0 Å². The van der Waals surface area contributed by atoms with Gasteiger partial charge >= 0.3 is 5.97 Å². The molecule has 0 aliphatic rings. The lowest BCUT2D eigenvalue weighted by Gasteiger charge is -2.19. The minimum atomic E-state index is -0.877. The summed E-state index contributed by atoms with van der Waals surface area (Å²) in [6.45, 7) is 5.70. The number of carboxylic acid groups (broad SMARTS) is 1. The van der Waals surface area contributed by atoms with Gasteiger partial charge in [0.05, 0.1) is 7.11 Å². The second-order valence-corrected chi connectivity index (χ2v) is 6.09. The van der Waals surface area contributed by atoms with Crippen molar-refractivity contribution in [2.24, 2.45) is 5.41 Å². The van der Waals surface area contributed by atoms with Crippen LogP contribution < -0.4 is 4.74 Å². The summed E-state index contributed by atoms with van der Waals surface area (Å²) in [6, 6.07) is 11.7. The number of hydrogen-bond acceptors (Lipinski definition) is 2. The highest BCUT2D eigenvalue weighted by Crippen LogP contribution is 2.29. The maximum atomic E-state index is 11.4. The Labute approximate surface area is 124 Å². The number of benzene rings is 2. The van der Waals surface area contributed by atoms with Crippen LogP contribution in [0.15, 0.2) is 42.0 Å². The van der Waals surface area contributed by atoms with Crippen LogP contribution in [0.5, 0.6) is 5.75 Å². The normalized spacial score (nSPS) is 12.5. The molecule has 0 spiro atoms. The van der Waals surface area contributed by atoms with E-state index in [1.54, 1.807) is 13.2 Å². The first-order valence-corrected chi connectivity index (χ1v) is 6.84. The van der Waals surface area contributed by atoms with Gasteiger partial charge in [-0.2, -0.15) is 0 Å². The first-order valence-electron chi connectivity index (χ1n) is 6.84. The van der Waals surface area contributed by atoms with E-state index in [-0.39, 0.29) is 0 Å². The number of aliphatic carboxylic acids is 1. The van der Waals surface area contributed by atoms with Crippen molar-refractivity contribution in [2.45, 2.75) is 20.8 Å². The molecule has 3 heteroatoms. The molecule has 2 aromatic rings. The average molecular weight is 284 g/mol. The van der Waals surface area contributed by atoms with Gasteiger partial charge in [0.15, 0.2) is 0 Å². The van der Waals surface area contributed by atoms with E-state index in [4.69, 9.17) is 4.74 Å². The summed E-state index contributed by atoms with van der Waals surface area (Å²) in [5, 5.41) is 11.5. The molecule has 0 radical (unpaired) electrons. The van der Waals surface area contributed by atoms with E-state index >= 15 is 0 Å². The molecular formula is C18H20O3. The molecule has 0 unspecified atom stereocenters. The van der Waals surface area contributed by atoms with Gasteiger partial charge in [-0.1, -0.05) is 39.0 Å². The summed E-state index contributed by atoms with van der Waals surface area (Å²) >= 11 is 0. The van der Waals surface area contributed by atoms with Gasteiger partial charge < -0.3 is 9.84 Å². The van der Waals surface area contributed by atoms with Gasteiger partial charge in [0.2, 0.25) is 0 Å². The second-order valence-electron chi connectivity index (χ2n) is 6.09. The number of carbonyl (C=O) groups is 1. The lowest BCUT2D eigenvalue weighted by molar-refractivity contribution is -0.133. The Morgan fingerprint density at radius 3 is 2.29 bits per heavy atom. The molecule has 0 heterocycles. The predicted molar refractivity (Wildman–Crippen MR) is 85.6 cm³/mol. The number of ether oxygens (including phenoxy) is 1. The summed E-state index contributed by atoms with van der Waals surface area (Å²) in [5.41, 5.74) is 0.885. The maximum Gasteiger partial charge on any atom is 0.332 e. The summed E-state index contributed by atoms with van der Waals surface area (Å²) in [6.07, 6.45) is 1.74. The average Bonchev–Trinajstić information content (AvgIpc) is 2.42. The molecular weight excluding hydrogens is 264 g/mol. The van der Waals surface area contributed by atoms with E-state index < -0.39 is 11.4 Å². The van der Waals surface area contributed by atoms with Gasteiger partial charge in [-0.15, -0.1) is 0 Å². The molecule has 2 rings (SSSR count). The number of hydrogen-bond donors (Lipinski definition) is 1. The van der Waals surface area contributed by atoms with E-state index in [9.17, 15) is 9.90 Å². The lowest BCUT2D eigenvalue weighted by atomic mass is 9.85. The Balaban J connectivity index is 2.50. The van der Waals surface area contributed by atoms with Crippen molar-refractivity contribution >= 4 is 22.8 Å². The van der Waals surface area contributed by atoms with Crippen LogP contribution in [0, 0.1) is 5.41 Å². The third-order valence-corrected chi connectivity index (χ3v) is 3.42. The smallest absolute Gasteiger partial charge is 0.332 e. The van der Waals surface area contributed by atoms with Crippen molar-refractivity contribution in [3.63, 3.8) is 0 Å². The molecule has 1 N–H and O–H groups in total. The zero-order valence-electron chi connectivity index (χ0n) is 12.8. The summed E-state index contributed by atoms with van der Waals surface area (Å²) in [7, 11) is 1.64. The molecule has 0 amide bonds. The maximum absolute atomic E-state index is 11.4. The quantitative estimate of drug-likeness (QED) is 0.852.